The van der Waals surface area contributed by atoms with Gasteiger partial charge in [0.1, 0.15) is 0 Å². The average molecular weight is 511 g/mol. The van der Waals surface area contributed by atoms with Gasteiger partial charge in [0.15, 0.2) is 0 Å². The molecule has 0 radical (unpaired) electrons. The summed E-state index contributed by atoms with van der Waals surface area (Å²) in [5.74, 6) is -0.494. The lowest BCUT2D eigenvalue weighted by Crippen LogP contribution is -2.49. The van der Waals surface area contributed by atoms with Crippen molar-refractivity contribution in [3.8, 4) is 5.69 Å². The van der Waals surface area contributed by atoms with Crippen LogP contribution >= 0.6 is 0 Å². The largest absolute Gasteiger partial charge is 0.462 e. The van der Waals surface area contributed by atoms with Crippen LogP contribution < -0.4 is 15.8 Å². The number of fused-ring (bicyclic) bond motifs is 1. The van der Waals surface area contributed by atoms with Crippen molar-refractivity contribution in [3.05, 3.63) is 101 Å². The number of benzene rings is 3. The number of ether oxygens (including phenoxy) is 1. The molecule has 8 nitrogen and oxygen atoms in total. The minimum absolute atomic E-state index is 0.0688. The van der Waals surface area contributed by atoms with Gasteiger partial charge in [0.05, 0.1) is 29.9 Å². The second-order valence-electron chi connectivity index (χ2n) is 9.17. The van der Waals surface area contributed by atoms with Gasteiger partial charge in [-0.3, -0.25) is 19.1 Å². The molecule has 2 heterocycles. The highest BCUT2D eigenvalue weighted by Crippen LogP contribution is 2.27. The Morgan fingerprint density at radius 3 is 2.26 bits per heavy atom. The van der Waals surface area contributed by atoms with Gasteiger partial charge in [-0.2, -0.15) is 0 Å². The van der Waals surface area contributed by atoms with Gasteiger partial charge in [-0.25, -0.2) is 4.79 Å². The first-order chi connectivity index (χ1) is 18.5. The molecule has 5 rings (SSSR count). The number of pyridine rings is 1. The molecule has 0 bridgehead atoms. The number of piperazine rings is 1. The number of amides is 1. The highest BCUT2D eigenvalue weighted by molar-refractivity contribution is 5.94. The highest BCUT2D eigenvalue weighted by Gasteiger charge is 2.22. The molecule has 1 amide bonds. The van der Waals surface area contributed by atoms with Crippen molar-refractivity contribution in [3.63, 3.8) is 0 Å². The minimum Gasteiger partial charge on any atom is -0.462 e. The number of aromatic nitrogens is 1. The lowest BCUT2D eigenvalue weighted by atomic mass is 10.1. The zero-order chi connectivity index (χ0) is 26.5. The first-order valence-corrected chi connectivity index (χ1v) is 12.8. The fourth-order valence-corrected chi connectivity index (χ4v) is 4.82. The summed E-state index contributed by atoms with van der Waals surface area (Å²) in [5.41, 5.74) is 3.64. The van der Waals surface area contributed by atoms with Crippen molar-refractivity contribution in [1.29, 1.82) is 0 Å². The van der Waals surface area contributed by atoms with Crippen LogP contribution in [0.1, 0.15) is 17.3 Å². The molecule has 1 aliphatic heterocycles. The first kappa shape index (κ1) is 25.2. The Labute approximate surface area is 221 Å². The summed E-state index contributed by atoms with van der Waals surface area (Å²) in [5, 5.41) is 3.91. The van der Waals surface area contributed by atoms with Crippen LogP contribution in [0.5, 0.6) is 0 Å². The van der Waals surface area contributed by atoms with E-state index in [9.17, 15) is 14.4 Å². The van der Waals surface area contributed by atoms with E-state index in [0.29, 0.717) is 44.0 Å². The maximum absolute atomic E-state index is 13.2. The van der Waals surface area contributed by atoms with Crippen molar-refractivity contribution in [2.24, 2.45) is 0 Å². The van der Waals surface area contributed by atoms with Gasteiger partial charge in [0.25, 0.3) is 5.56 Å². The quantitative estimate of drug-likeness (QED) is 0.380. The molecule has 8 heteroatoms. The number of rotatable bonds is 7. The van der Waals surface area contributed by atoms with Crippen LogP contribution in [-0.2, 0) is 9.53 Å². The summed E-state index contributed by atoms with van der Waals surface area (Å²) < 4.78 is 6.74. The smallest absolute Gasteiger partial charge is 0.338 e. The molecular weight excluding hydrogens is 480 g/mol. The van der Waals surface area contributed by atoms with Crippen molar-refractivity contribution in [2.45, 2.75) is 6.92 Å². The molecule has 0 saturated carbocycles. The number of carbonyl (C=O) groups is 2. The zero-order valence-electron chi connectivity index (χ0n) is 21.3. The Hall–Kier alpha value is -4.43. The van der Waals surface area contributed by atoms with Gasteiger partial charge in [-0.15, -0.1) is 0 Å². The molecule has 3 aromatic carbocycles. The van der Waals surface area contributed by atoms with E-state index in [1.54, 1.807) is 41.8 Å². The van der Waals surface area contributed by atoms with E-state index in [1.165, 1.54) is 0 Å². The van der Waals surface area contributed by atoms with E-state index in [1.807, 2.05) is 48.5 Å². The summed E-state index contributed by atoms with van der Waals surface area (Å²) >= 11 is 0. The van der Waals surface area contributed by atoms with Crippen LogP contribution in [0.25, 0.3) is 16.6 Å². The Balaban J connectivity index is 1.24. The normalized spacial score (nSPS) is 13.9. The minimum atomic E-state index is -0.381. The van der Waals surface area contributed by atoms with E-state index in [0.717, 1.165) is 22.3 Å². The van der Waals surface area contributed by atoms with Crippen molar-refractivity contribution in [2.75, 3.05) is 49.5 Å². The molecule has 0 spiro atoms. The molecule has 194 valence electrons. The Morgan fingerprint density at radius 2 is 1.55 bits per heavy atom. The summed E-state index contributed by atoms with van der Waals surface area (Å²) in [6.07, 6.45) is 0. The average Bonchev–Trinajstić information content (AvgIpc) is 2.94. The topological polar surface area (TPSA) is 83.9 Å². The predicted molar refractivity (Wildman–Crippen MR) is 149 cm³/mol. The van der Waals surface area contributed by atoms with Gasteiger partial charge in [0, 0.05) is 49.0 Å². The van der Waals surface area contributed by atoms with E-state index in [4.69, 9.17) is 4.74 Å². The number of esters is 1. The lowest BCUT2D eigenvalue weighted by molar-refractivity contribution is -0.117. The third-order valence-electron chi connectivity index (χ3n) is 6.68. The lowest BCUT2D eigenvalue weighted by Gasteiger charge is -2.36. The van der Waals surface area contributed by atoms with E-state index in [-0.39, 0.29) is 24.0 Å². The number of nitrogens with zero attached hydrogens (tertiary/aromatic N) is 3. The Kier molecular flexibility index (Phi) is 7.51. The zero-order valence-corrected chi connectivity index (χ0v) is 21.3. The Morgan fingerprint density at radius 1 is 0.868 bits per heavy atom. The fourth-order valence-electron chi connectivity index (χ4n) is 4.82. The van der Waals surface area contributed by atoms with Crippen LogP contribution in [0.4, 0.5) is 11.4 Å². The predicted octanol–water partition coefficient (Wildman–Crippen LogP) is 3.93. The standard InChI is InChI=1S/C30H30N4O4/c1-2-38-30(37)22-12-14-23(15-13-22)31-28(35)21-32-16-18-33(19-17-32)27-20-29(36)34(24-8-4-3-5-9-24)26-11-7-6-10-25(26)27/h3-15,20H,2,16-19,21H2,1H3,(H,31,35). The molecular formula is C30H30N4O4. The van der Waals surface area contributed by atoms with Crippen LogP contribution in [-0.4, -0.2) is 60.7 Å². The summed E-state index contributed by atoms with van der Waals surface area (Å²) in [6.45, 7) is 5.16. The summed E-state index contributed by atoms with van der Waals surface area (Å²) in [6, 6.07) is 26.0. The van der Waals surface area contributed by atoms with Crippen LogP contribution in [0, 0.1) is 0 Å². The molecule has 1 aromatic heterocycles. The SMILES string of the molecule is CCOC(=O)c1ccc(NC(=O)CN2CCN(c3cc(=O)n(-c4ccccc4)c4ccccc34)CC2)cc1. The van der Waals surface area contributed by atoms with E-state index < -0.39 is 0 Å². The van der Waals surface area contributed by atoms with Gasteiger partial charge in [-0.05, 0) is 49.4 Å². The number of hydrogen-bond donors (Lipinski definition) is 1. The molecule has 1 aliphatic rings. The van der Waals surface area contributed by atoms with Gasteiger partial charge in [-0.1, -0.05) is 36.4 Å². The maximum atomic E-state index is 13.2. The van der Waals surface area contributed by atoms with Gasteiger partial charge >= 0.3 is 5.97 Å². The molecule has 0 atom stereocenters. The molecule has 1 N–H and O–H groups in total. The van der Waals surface area contributed by atoms with E-state index >= 15 is 0 Å². The molecule has 1 fully saturated rings. The van der Waals surface area contributed by atoms with Crippen LogP contribution in [0.2, 0.25) is 0 Å². The number of hydrogen-bond acceptors (Lipinski definition) is 6. The fraction of sp³-hybridized carbons (Fsp3) is 0.233. The molecule has 38 heavy (non-hydrogen) atoms. The molecule has 0 aliphatic carbocycles. The van der Waals surface area contributed by atoms with E-state index in [2.05, 4.69) is 21.2 Å². The van der Waals surface area contributed by atoms with Gasteiger partial charge in [0.2, 0.25) is 5.91 Å². The molecule has 1 saturated heterocycles. The summed E-state index contributed by atoms with van der Waals surface area (Å²) in [4.78, 5) is 42.0. The highest BCUT2D eigenvalue weighted by atomic mass is 16.5. The molecule has 4 aromatic rings. The van der Waals surface area contributed by atoms with Crippen LogP contribution in [0.15, 0.2) is 89.7 Å². The monoisotopic (exact) mass is 510 g/mol. The molecule has 0 unspecified atom stereocenters. The van der Waals surface area contributed by atoms with Crippen molar-refractivity contribution in [1.82, 2.24) is 9.47 Å². The number of anilines is 2. The second kappa shape index (κ2) is 11.3. The van der Waals surface area contributed by atoms with Crippen LogP contribution in [0.3, 0.4) is 0 Å². The third kappa shape index (κ3) is 5.45. The number of carbonyl (C=O) groups excluding carboxylic acids is 2. The third-order valence-corrected chi connectivity index (χ3v) is 6.68. The first-order valence-electron chi connectivity index (χ1n) is 12.8. The Bertz CT molecular complexity index is 1490. The maximum Gasteiger partial charge on any atom is 0.338 e. The summed E-state index contributed by atoms with van der Waals surface area (Å²) in [7, 11) is 0. The number of para-hydroxylation sites is 2. The van der Waals surface area contributed by atoms with Crippen molar-refractivity contribution >= 4 is 34.2 Å². The number of nitrogens with one attached hydrogen (secondary N) is 1. The van der Waals surface area contributed by atoms with Gasteiger partial charge < -0.3 is 15.0 Å². The van der Waals surface area contributed by atoms with Crippen molar-refractivity contribution < 1.29 is 14.3 Å². The second-order valence-corrected chi connectivity index (χ2v) is 9.17.